The van der Waals surface area contributed by atoms with Gasteiger partial charge in [0.2, 0.25) is 0 Å². The Morgan fingerprint density at radius 3 is 2.92 bits per heavy atom. The fourth-order valence-electron chi connectivity index (χ4n) is 4.67. The average molecular weight is 369 g/mol. The Morgan fingerprint density at radius 1 is 1.46 bits per heavy atom. The minimum absolute atomic E-state index is 0.0629. The molecule has 26 heavy (non-hydrogen) atoms. The molecular weight excluding hydrogens is 328 g/mol. The summed E-state index contributed by atoms with van der Waals surface area (Å²) in [6.07, 6.45) is -1.70. The summed E-state index contributed by atoms with van der Waals surface area (Å²) >= 11 is 0. The smallest absolute Gasteiger partial charge is 0.122 e. The van der Waals surface area contributed by atoms with Crippen molar-refractivity contribution in [2.45, 2.75) is 65.0 Å². The summed E-state index contributed by atoms with van der Waals surface area (Å²) in [6, 6.07) is 3.53. The van der Waals surface area contributed by atoms with Crippen LogP contribution in [0.4, 0.5) is 4.39 Å². The van der Waals surface area contributed by atoms with Gasteiger partial charge < -0.3 is 9.84 Å². The summed E-state index contributed by atoms with van der Waals surface area (Å²) < 4.78 is 64.1. The van der Waals surface area contributed by atoms with Crippen molar-refractivity contribution < 1.29 is 22.5 Å². The van der Waals surface area contributed by atoms with E-state index >= 15 is 0 Å². The van der Waals surface area contributed by atoms with Gasteiger partial charge in [0.15, 0.2) is 0 Å². The van der Waals surface area contributed by atoms with Gasteiger partial charge in [-0.1, -0.05) is 19.9 Å². The maximum absolute atomic E-state index is 13.7. The highest BCUT2D eigenvalue weighted by Gasteiger charge is 2.46. The van der Waals surface area contributed by atoms with Gasteiger partial charge in [0.1, 0.15) is 5.75 Å². The van der Waals surface area contributed by atoms with Gasteiger partial charge in [0.05, 0.1) is 24.8 Å². The number of hydrogen-bond donors (Lipinski definition) is 1. The number of piperidine rings is 1. The van der Waals surface area contributed by atoms with Gasteiger partial charge in [-0.3, -0.25) is 9.29 Å². The van der Waals surface area contributed by atoms with E-state index in [9.17, 15) is 9.50 Å². The minimum Gasteiger partial charge on any atom is -0.493 e. The predicted molar refractivity (Wildman–Crippen MR) is 103 cm³/mol. The van der Waals surface area contributed by atoms with Gasteiger partial charge in [-0.25, -0.2) is 0 Å². The normalized spacial score (nSPS) is 33.8. The molecule has 3 nitrogen and oxygen atoms in total. The first kappa shape index (κ1) is 13.1. The number of hydrogen-bond acceptors (Lipinski definition) is 3. The molecule has 4 heteroatoms. The van der Waals surface area contributed by atoms with Crippen LogP contribution < -0.4 is 4.74 Å². The van der Waals surface area contributed by atoms with Crippen LogP contribution in [-0.4, -0.2) is 42.4 Å². The lowest BCUT2D eigenvalue weighted by Crippen LogP contribution is -2.58. The first-order valence-electron chi connectivity index (χ1n) is 12.4. The largest absolute Gasteiger partial charge is 0.493 e. The monoisotopic (exact) mass is 368 g/mol. The number of fused-ring (bicyclic) bond motifs is 3. The van der Waals surface area contributed by atoms with Crippen molar-refractivity contribution in [2.75, 3.05) is 26.3 Å². The molecule has 1 aromatic carbocycles. The lowest BCUT2D eigenvalue weighted by molar-refractivity contribution is -0.0647. The van der Waals surface area contributed by atoms with Crippen molar-refractivity contribution in [3.8, 4) is 5.75 Å². The number of benzene rings is 1. The van der Waals surface area contributed by atoms with E-state index < -0.39 is 25.7 Å². The molecule has 0 radical (unpaired) electrons. The highest BCUT2D eigenvalue weighted by Crippen LogP contribution is 2.46. The summed E-state index contributed by atoms with van der Waals surface area (Å²) in [5, 5.41) is 10.9. The van der Waals surface area contributed by atoms with E-state index in [2.05, 4.69) is 25.7 Å². The highest BCUT2D eigenvalue weighted by atomic mass is 18.2. The van der Waals surface area contributed by atoms with Crippen LogP contribution in [-0.2, 0) is 12.0 Å². The van der Waals surface area contributed by atoms with E-state index in [1.807, 2.05) is 6.07 Å². The van der Waals surface area contributed by atoms with E-state index in [0.29, 0.717) is 24.3 Å². The van der Waals surface area contributed by atoms with Crippen LogP contribution in [0, 0.1) is 18.8 Å². The molecule has 2 aliphatic heterocycles. The first-order chi connectivity index (χ1) is 14.5. The van der Waals surface area contributed by atoms with E-state index in [4.69, 9.17) is 13.0 Å². The second-order valence-electron chi connectivity index (χ2n) is 8.33. The SMILES string of the molecule is [2H]C([2H])([18F])C([2H])([2H])C([2H])([2H])Oc1cc2c(cc1C)[C@@]1(C)C[C@@H](O)[C@H](CC(C)C)CN1CC2. The zero-order chi connectivity index (χ0) is 24.3. The molecule has 0 bridgehead atoms. The number of halogens is 1. The molecule has 0 saturated carbocycles. The van der Waals surface area contributed by atoms with Crippen LogP contribution in [0.2, 0.25) is 0 Å². The summed E-state index contributed by atoms with van der Waals surface area (Å²) in [4.78, 5) is 2.41. The van der Waals surface area contributed by atoms with Crippen LogP contribution in [0.5, 0.6) is 5.75 Å². The zero-order valence-corrected chi connectivity index (χ0v) is 16.1. The Balaban J connectivity index is 1.92. The molecule has 0 amide bonds. The third-order valence-electron chi connectivity index (χ3n) is 5.97. The lowest BCUT2D eigenvalue weighted by Gasteiger charge is -2.53. The lowest BCUT2D eigenvalue weighted by atomic mass is 9.71. The van der Waals surface area contributed by atoms with Crippen LogP contribution in [0.25, 0.3) is 0 Å². The van der Waals surface area contributed by atoms with Crippen molar-refractivity contribution in [3.63, 3.8) is 0 Å². The van der Waals surface area contributed by atoms with E-state index in [1.165, 1.54) is 0 Å². The van der Waals surface area contributed by atoms with Crippen LogP contribution in [0.3, 0.4) is 0 Å². The second-order valence-corrected chi connectivity index (χ2v) is 8.33. The van der Waals surface area contributed by atoms with Gasteiger partial charge in [-0.05, 0) is 67.7 Å². The molecule has 0 unspecified atom stereocenters. The molecule has 1 saturated heterocycles. The Morgan fingerprint density at radius 2 is 2.23 bits per heavy atom. The molecule has 2 heterocycles. The van der Waals surface area contributed by atoms with Crippen molar-refractivity contribution >= 4 is 0 Å². The van der Waals surface area contributed by atoms with E-state index in [0.717, 1.165) is 30.6 Å². The fraction of sp³-hybridized carbons (Fsp3) is 0.727. The number of ether oxygens (including phenoxy) is 1. The van der Waals surface area contributed by atoms with Gasteiger partial charge in [-0.2, -0.15) is 0 Å². The molecule has 3 rings (SSSR count). The zero-order valence-electron chi connectivity index (χ0n) is 22.1. The summed E-state index contributed by atoms with van der Waals surface area (Å²) in [7, 11) is 0. The predicted octanol–water partition coefficient (Wildman–Crippen LogP) is 4.23. The molecule has 1 aromatic rings. The molecule has 0 aliphatic carbocycles. The maximum Gasteiger partial charge on any atom is 0.122 e. The molecule has 0 aromatic heterocycles. The molecule has 3 atom stereocenters. The van der Waals surface area contributed by atoms with Gasteiger partial charge in [0, 0.05) is 27.7 Å². The third-order valence-corrected chi connectivity index (χ3v) is 5.97. The average Bonchev–Trinajstić information content (AvgIpc) is 2.62. The van der Waals surface area contributed by atoms with Gasteiger partial charge in [-0.15, -0.1) is 0 Å². The van der Waals surface area contributed by atoms with Crippen molar-refractivity contribution in [2.24, 2.45) is 11.8 Å². The van der Waals surface area contributed by atoms with Crippen molar-refractivity contribution in [1.29, 1.82) is 0 Å². The van der Waals surface area contributed by atoms with E-state index in [1.54, 1.807) is 13.0 Å². The topological polar surface area (TPSA) is 32.7 Å². The summed E-state index contributed by atoms with van der Waals surface area (Å²) in [6.45, 7) is 2.56. The highest BCUT2D eigenvalue weighted by molar-refractivity contribution is 5.47. The molecule has 0 spiro atoms. The molecule has 1 N–H and O–H groups in total. The Hall–Kier alpha value is -1.13. The number of nitrogens with zero attached hydrogens (tertiary/aromatic N) is 1. The third kappa shape index (κ3) is 3.77. The fourth-order valence-corrected chi connectivity index (χ4v) is 4.67. The number of aryl methyl sites for hydroxylation is 1. The van der Waals surface area contributed by atoms with Crippen LogP contribution in [0.15, 0.2) is 12.1 Å². The van der Waals surface area contributed by atoms with Crippen LogP contribution >= 0.6 is 0 Å². The first-order valence-corrected chi connectivity index (χ1v) is 9.44. The van der Waals surface area contributed by atoms with Crippen molar-refractivity contribution in [3.05, 3.63) is 28.8 Å². The Labute approximate surface area is 166 Å². The minimum atomic E-state index is -3.92. The quantitative estimate of drug-likeness (QED) is 0.815. The van der Waals surface area contributed by atoms with Gasteiger partial charge >= 0.3 is 0 Å². The molecule has 1 fully saturated rings. The standard InChI is InChI=1S/C22H34FNO2/c1-15(2)10-18-14-24-8-6-17-12-21(26-9-5-7-23)16(3)11-19(17)22(24,4)13-20(18)25/h11-12,15,18,20,25H,5-10,13-14H2,1-4H3/t18-,20-,22-/m1/s1/i5D2,7D2,9D2,23-1. The Kier molecular flexibility index (Phi) is 3.96. The number of aliphatic hydroxyl groups excluding tert-OH is 1. The van der Waals surface area contributed by atoms with Crippen molar-refractivity contribution in [1.82, 2.24) is 4.90 Å². The number of aliphatic hydroxyl groups is 1. The summed E-state index contributed by atoms with van der Waals surface area (Å²) in [5.74, 6) is 0.788. The van der Waals surface area contributed by atoms with Gasteiger partial charge in [0.25, 0.3) is 0 Å². The number of alkyl halides is 1. The molecule has 2 aliphatic rings. The summed E-state index contributed by atoms with van der Waals surface area (Å²) in [5.41, 5.74) is 2.11. The Bertz CT molecular complexity index is 860. The van der Waals surface area contributed by atoms with Crippen LogP contribution in [0.1, 0.15) is 64.9 Å². The second kappa shape index (κ2) is 7.85. The maximum atomic E-state index is 13.7. The molecular formula is C22H34FNO2. The van der Waals surface area contributed by atoms with E-state index in [-0.39, 0.29) is 17.2 Å². The molecule has 146 valence electrons. The number of rotatable bonds is 6.